The monoisotopic (exact) mass is 254 g/mol. The molecule has 18 heavy (non-hydrogen) atoms. The van der Waals surface area contributed by atoms with Crippen LogP contribution in [-0.4, -0.2) is 27.5 Å². The van der Waals surface area contributed by atoms with E-state index in [9.17, 15) is 10.1 Å². The molecule has 0 saturated carbocycles. The molecule has 0 spiro atoms. The Morgan fingerprint density at radius 2 is 2.28 bits per heavy atom. The number of nitrogens with one attached hydrogen (secondary N) is 1. The predicted octanol–water partition coefficient (Wildman–Crippen LogP) is 1.30. The minimum atomic E-state index is -0.485. The van der Waals surface area contributed by atoms with Crippen molar-refractivity contribution in [1.29, 1.82) is 0 Å². The van der Waals surface area contributed by atoms with Gasteiger partial charge in [-0.15, -0.1) is 0 Å². The third-order valence-corrected chi connectivity index (χ3v) is 2.81. The third kappa shape index (κ3) is 2.83. The molecule has 8 nitrogen and oxygen atoms in total. The molecule has 1 aromatic rings. The van der Waals surface area contributed by atoms with Crippen molar-refractivity contribution < 1.29 is 4.92 Å². The largest absolute Gasteiger partial charge is 0.348 e. The lowest BCUT2D eigenvalue weighted by Crippen LogP contribution is -2.34. The van der Waals surface area contributed by atoms with Crippen LogP contribution in [0.15, 0.2) is 6.20 Å². The van der Waals surface area contributed by atoms with Gasteiger partial charge in [0, 0.05) is 12.6 Å². The number of hydrogen-bond acceptors (Lipinski definition) is 7. The molecular formula is C10H18N6O2. The molecule has 0 fully saturated rings. The van der Waals surface area contributed by atoms with Gasteiger partial charge < -0.3 is 4.90 Å². The number of nitrogens with two attached hydrogens (primary N) is 1. The van der Waals surface area contributed by atoms with Gasteiger partial charge in [-0.05, 0) is 20.3 Å². The maximum absolute atomic E-state index is 11.0. The fourth-order valence-electron chi connectivity index (χ4n) is 1.67. The summed E-state index contributed by atoms with van der Waals surface area (Å²) in [7, 11) is 0. The molecule has 1 rings (SSSR count). The Hall–Kier alpha value is -1.96. The van der Waals surface area contributed by atoms with Gasteiger partial charge in [0.1, 0.15) is 6.20 Å². The summed E-state index contributed by atoms with van der Waals surface area (Å²) in [6, 6.07) is 0.147. The zero-order valence-electron chi connectivity index (χ0n) is 10.8. The zero-order chi connectivity index (χ0) is 13.7. The van der Waals surface area contributed by atoms with Crippen LogP contribution in [0.3, 0.4) is 0 Å². The first-order chi connectivity index (χ1) is 8.54. The summed E-state index contributed by atoms with van der Waals surface area (Å²) in [6.07, 6.45) is 2.03. The first kappa shape index (κ1) is 14.1. The number of nitro groups is 1. The van der Waals surface area contributed by atoms with Crippen molar-refractivity contribution in [2.75, 3.05) is 16.9 Å². The zero-order valence-corrected chi connectivity index (χ0v) is 10.8. The lowest BCUT2D eigenvalue weighted by molar-refractivity contribution is -0.384. The SMILES string of the molecule is CCC(C)N(CC)c1nc(NN)ncc1[N+](=O)[O-]. The molecule has 100 valence electrons. The van der Waals surface area contributed by atoms with Gasteiger partial charge >= 0.3 is 5.69 Å². The standard InChI is InChI=1S/C10H18N6O2/c1-4-7(3)15(5-2)9-8(16(17)18)6-12-10(13-9)14-11/h6-7H,4-5,11H2,1-3H3,(H,12,13,14). The summed E-state index contributed by atoms with van der Waals surface area (Å²) in [4.78, 5) is 20.2. The molecule has 1 atom stereocenters. The molecule has 3 N–H and O–H groups in total. The van der Waals surface area contributed by atoms with Crippen molar-refractivity contribution in [3.63, 3.8) is 0 Å². The molecule has 0 aromatic carbocycles. The second-order valence-corrected chi connectivity index (χ2v) is 3.85. The molecule has 0 aliphatic heterocycles. The molecule has 0 aliphatic rings. The van der Waals surface area contributed by atoms with Crippen molar-refractivity contribution in [3.05, 3.63) is 16.3 Å². The molecule has 0 saturated heterocycles. The Balaban J connectivity index is 3.28. The van der Waals surface area contributed by atoms with Gasteiger partial charge in [-0.25, -0.2) is 10.8 Å². The topological polar surface area (TPSA) is 110 Å². The lowest BCUT2D eigenvalue weighted by Gasteiger charge is -2.27. The Morgan fingerprint density at radius 3 is 2.72 bits per heavy atom. The fraction of sp³-hybridized carbons (Fsp3) is 0.600. The highest BCUT2D eigenvalue weighted by molar-refractivity contribution is 5.59. The van der Waals surface area contributed by atoms with Crippen molar-refractivity contribution in [2.24, 2.45) is 5.84 Å². The normalized spacial score (nSPS) is 12.0. The van der Waals surface area contributed by atoms with Crippen molar-refractivity contribution >= 4 is 17.5 Å². The van der Waals surface area contributed by atoms with E-state index in [1.54, 1.807) is 0 Å². The van der Waals surface area contributed by atoms with Crippen LogP contribution in [0.25, 0.3) is 0 Å². The number of hydrazine groups is 1. The molecule has 1 aromatic heterocycles. The number of rotatable bonds is 6. The van der Waals surface area contributed by atoms with E-state index in [1.807, 2.05) is 25.7 Å². The molecule has 0 radical (unpaired) electrons. The van der Waals surface area contributed by atoms with Crippen molar-refractivity contribution in [1.82, 2.24) is 9.97 Å². The molecule has 1 heterocycles. The highest BCUT2D eigenvalue weighted by Crippen LogP contribution is 2.27. The molecule has 0 bridgehead atoms. The first-order valence-corrected chi connectivity index (χ1v) is 5.79. The summed E-state index contributed by atoms with van der Waals surface area (Å²) in [5.74, 6) is 5.69. The van der Waals surface area contributed by atoms with Gasteiger partial charge in [-0.2, -0.15) is 4.98 Å². The van der Waals surface area contributed by atoms with E-state index >= 15 is 0 Å². The van der Waals surface area contributed by atoms with Crippen LogP contribution in [0, 0.1) is 10.1 Å². The number of anilines is 2. The predicted molar refractivity (Wildman–Crippen MR) is 69.3 cm³/mol. The minimum Gasteiger partial charge on any atom is -0.348 e. The Bertz CT molecular complexity index is 425. The summed E-state index contributed by atoms with van der Waals surface area (Å²) in [6.45, 7) is 6.55. The number of nitrogen functional groups attached to an aromatic ring is 1. The van der Waals surface area contributed by atoms with E-state index in [2.05, 4.69) is 15.4 Å². The average molecular weight is 254 g/mol. The second-order valence-electron chi connectivity index (χ2n) is 3.85. The summed E-state index contributed by atoms with van der Waals surface area (Å²) >= 11 is 0. The van der Waals surface area contributed by atoms with Crippen LogP contribution in [0.5, 0.6) is 0 Å². The average Bonchev–Trinajstić information content (AvgIpc) is 2.38. The van der Waals surface area contributed by atoms with Crippen LogP contribution < -0.4 is 16.2 Å². The number of nitrogens with zero attached hydrogens (tertiary/aromatic N) is 4. The fourth-order valence-corrected chi connectivity index (χ4v) is 1.67. The molecule has 1 unspecified atom stereocenters. The van der Waals surface area contributed by atoms with Crippen LogP contribution in [-0.2, 0) is 0 Å². The molecular weight excluding hydrogens is 236 g/mol. The van der Waals surface area contributed by atoms with Gasteiger partial charge in [0.15, 0.2) is 0 Å². The Kier molecular flexibility index (Phi) is 4.78. The maximum atomic E-state index is 11.0. The van der Waals surface area contributed by atoms with Crippen molar-refractivity contribution in [3.8, 4) is 0 Å². The van der Waals surface area contributed by atoms with Gasteiger partial charge in [0.05, 0.1) is 4.92 Å². The van der Waals surface area contributed by atoms with E-state index in [4.69, 9.17) is 5.84 Å². The van der Waals surface area contributed by atoms with E-state index in [0.717, 1.165) is 6.42 Å². The summed E-state index contributed by atoms with van der Waals surface area (Å²) < 4.78 is 0. The van der Waals surface area contributed by atoms with Crippen molar-refractivity contribution in [2.45, 2.75) is 33.2 Å². The Morgan fingerprint density at radius 1 is 1.61 bits per heavy atom. The molecule has 0 aliphatic carbocycles. The quantitative estimate of drug-likeness (QED) is 0.447. The minimum absolute atomic E-state index is 0.115. The lowest BCUT2D eigenvalue weighted by atomic mass is 10.2. The van der Waals surface area contributed by atoms with Crippen LogP contribution in [0.1, 0.15) is 27.2 Å². The highest BCUT2D eigenvalue weighted by atomic mass is 16.6. The first-order valence-electron chi connectivity index (χ1n) is 5.79. The van der Waals surface area contributed by atoms with E-state index < -0.39 is 4.92 Å². The number of hydrogen-bond donors (Lipinski definition) is 2. The van der Waals surface area contributed by atoms with Gasteiger partial charge in [-0.1, -0.05) is 6.92 Å². The number of aromatic nitrogens is 2. The van der Waals surface area contributed by atoms with Crippen LogP contribution in [0.2, 0.25) is 0 Å². The summed E-state index contributed by atoms with van der Waals surface area (Å²) in [5.41, 5.74) is 2.18. The van der Waals surface area contributed by atoms with Gasteiger partial charge in [0.2, 0.25) is 11.8 Å². The van der Waals surface area contributed by atoms with Gasteiger partial charge in [-0.3, -0.25) is 15.5 Å². The smallest absolute Gasteiger partial charge is 0.329 e. The maximum Gasteiger partial charge on any atom is 0.329 e. The van der Waals surface area contributed by atoms with E-state index in [0.29, 0.717) is 12.4 Å². The van der Waals surface area contributed by atoms with E-state index in [-0.39, 0.29) is 17.7 Å². The van der Waals surface area contributed by atoms with Crippen LogP contribution in [0.4, 0.5) is 17.5 Å². The Labute approximate surface area is 105 Å². The summed E-state index contributed by atoms with van der Waals surface area (Å²) in [5, 5.41) is 11.0. The van der Waals surface area contributed by atoms with E-state index in [1.165, 1.54) is 6.20 Å². The third-order valence-electron chi connectivity index (χ3n) is 2.81. The van der Waals surface area contributed by atoms with Crippen LogP contribution >= 0.6 is 0 Å². The van der Waals surface area contributed by atoms with Gasteiger partial charge in [0.25, 0.3) is 0 Å². The second kappa shape index (κ2) is 6.10. The molecule has 8 heteroatoms. The highest BCUT2D eigenvalue weighted by Gasteiger charge is 2.24. The molecule has 0 amide bonds.